The number of carbonyl (C=O) groups excluding carboxylic acids is 1. The van der Waals surface area contributed by atoms with Crippen molar-refractivity contribution in [3.05, 3.63) is 59.7 Å². The molecule has 0 aliphatic rings. The molecule has 2 atom stereocenters. The number of nitrogen functional groups attached to an aromatic ring is 1. The van der Waals surface area contributed by atoms with Crippen molar-refractivity contribution in [2.75, 3.05) is 11.1 Å². The average Bonchev–Trinajstić information content (AvgIpc) is 2.65. The van der Waals surface area contributed by atoms with Crippen LogP contribution in [-0.4, -0.2) is 35.0 Å². The van der Waals surface area contributed by atoms with E-state index < -0.39 is 11.2 Å². The van der Waals surface area contributed by atoms with Crippen molar-refractivity contribution in [1.82, 2.24) is 0 Å². The number of rotatable bonds is 7. The van der Waals surface area contributed by atoms with E-state index in [1.165, 1.54) is 0 Å². The van der Waals surface area contributed by atoms with Crippen molar-refractivity contribution >= 4 is 41.1 Å². The molecule has 0 saturated heterocycles. The van der Waals surface area contributed by atoms with Crippen molar-refractivity contribution in [2.24, 2.45) is 0 Å². The second kappa shape index (κ2) is 18.7. The molecule has 160 valence electrons. The fourth-order valence-electron chi connectivity index (χ4n) is 1.72. The number of hydrogen-bond acceptors (Lipinski definition) is 6. The molecule has 0 bridgehead atoms. The molecule has 0 aliphatic carbocycles. The van der Waals surface area contributed by atoms with Crippen LogP contribution in [0.4, 0.5) is 16.2 Å². The zero-order chi connectivity index (χ0) is 23.2. The van der Waals surface area contributed by atoms with Gasteiger partial charge in [0.25, 0.3) is 0 Å². The quantitative estimate of drug-likeness (QED) is 0.242. The predicted octanol–water partition coefficient (Wildman–Crippen LogP) is 3.07. The Kier molecular flexibility index (Phi) is 18.8. The Morgan fingerprint density at radius 1 is 0.967 bits per heavy atom. The summed E-state index contributed by atoms with van der Waals surface area (Å²) in [6, 6.07) is 14.7. The van der Waals surface area contributed by atoms with Crippen molar-refractivity contribution in [2.45, 2.75) is 32.6 Å². The van der Waals surface area contributed by atoms with Gasteiger partial charge >= 0.3 is 5.71 Å². The van der Waals surface area contributed by atoms with Gasteiger partial charge < -0.3 is 26.4 Å². The third-order valence-corrected chi connectivity index (χ3v) is 4.06. The van der Waals surface area contributed by atoms with E-state index in [1.54, 1.807) is 21.4 Å². The molecule has 0 fully saturated rings. The summed E-state index contributed by atoms with van der Waals surface area (Å²) in [6.45, 7) is 4.23. The Bertz CT molecular complexity index is 782. The van der Waals surface area contributed by atoms with Crippen LogP contribution in [0.3, 0.4) is 0 Å². The van der Waals surface area contributed by atoms with Gasteiger partial charge in [0, 0.05) is 76.8 Å². The largest absolute Gasteiger partial charge is 0.479 e. The van der Waals surface area contributed by atoms with E-state index in [1.807, 2.05) is 50.2 Å². The van der Waals surface area contributed by atoms with Crippen LogP contribution in [0.25, 0.3) is 0 Å². The molecule has 2 unspecified atom stereocenters. The number of benzene rings is 2. The zero-order valence-corrected chi connectivity index (χ0v) is 25.0. The maximum absolute atomic E-state index is 11.3. The summed E-state index contributed by atoms with van der Waals surface area (Å²) in [5.74, 6) is 0. The summed E-state index contributed by atoms with van der Waals surface area (Å²) < 4.78 is 13.1. The molecule has 2 aromatic rings. The second-order valence-electron chi connectivity index (χ2n) is 6.18. The SMILES string of the molecule is O=C(O)P.[2H]OCc1ccc(N)cc1.[2H]OCc1ccc(NC(C)(C)C(=O)P)cc1.[Y].[Y]. The molecule has 2 aromatic carbocycles. The van der Waals surface area contributed by atoms with Gasteiger partial charge in [-0.15, -0.1) is 0 Å². The number of hydrogen-bond donors (Lipinski definition) is 5. The Balaban J connectivity index is -0.000000453. The number of aliphatic hydroxyl groups excluding tert-OH is 2. The third kappa shape index (κ3) is 16.8. The summed E-state index contributed by atoms with van der Waals surface area (Å²) in [5, 5.41) is 19.0. The predicted molar refractivity (Wildman–Crippen MR) is 119 cm³/mol. The maximum atomic E-state index is 11.3. The van der Waals surface area contributed by atoms with Gasteiger partial charge in [-0.1, -0.05) is 33.5 Å². The molecule has 0 aromatic heterocycles. The summed E-state index contributed by atoms with van der Waals surface area (Å²) in [7, 11) is 3.75. The minimum Gasteiger partial charge on any atom is -0.479 e. The van der Waals surface area contributed by atoms with E-state index in [0.29, 0.717) is 6.61 Å². The summed E-state index contributed by atoms with van der Waals surface area (Å²) in [5.41, 5.74) is 7.41. The summed E-state index contributed by atoms with van der Waals surface area (Å²) in [6.07, 6.45) is 0. The zero-order valence-electron chi connectivity index (χ0n) is 19.0. The minimum absolute atomic E-state index is 0. The molecule has 0 spiro atoms. The summed E-state index contributed by atoms with van der Waals surface area (Å²) in [4.78, 5) is 20.3. The molecule has 7 nitrogen and oxygen atoms in total. The van der Waals surface area contributed by atoms with E-state index in [4.69, 9.17) is 18.5 Å². The van der Waals surface area contributed by atoms with Crippen LogP contribution in [0, 0.1) is 0 Å². The maximum Gasteiger partial charge on any atom is 0.317 e. The van der Waals surface area contributed by atoms with Gasteiger partial charge in [-0.05, 0) is 58.5 Å². The van der Waals surface area contributed by atoms with Gasteiger partial charge in [-0.25, -0.2) is 4.79 Å². The fraction of sp³-hybridized carbons (Fsp3) is 0.263. The topological polar surface area (TPSA) is 133 Å². The number of carboxylic acid groups (broad SMARTS) is 1. The normalized spacial score (nSPS) is 10.1. The number of carbonyl (C=O) groups is 2. The molecular weight excluding hydrogens is 576 g/mol. The summed E-state index contributed by atoms with van der Waals surface area (Å²) >= 11 is 0. The van der Waals surface area contributed by atoms with Gasteiger partial charge in [-0.2, -0.15) is 0 Å². The van der Waals surface area contributed by atoms with Gasteiger partial charge in [0.05, 0.1) is 18.8 Å². The molecular formula is C19H28N2O5P2Y2. The van der Waals surface area contributed by atoms with Crippen LogP contribution in [0.15, 0.2) is 48.5 Å². The molecule has 0 saturated carbocycles. The minimum atomic E-state index is -0.917. The number of nitrogens with one attached hydrogen (secondary N) is 1. The van der Waals surface area contributed by atoms with E-state index in [0.717, 1.165) is 22.5 Å². The van der Waals surface area contributed by atoms with Crippen LogP contribution < -0.4 is 11.1 Å². The molecule has 2 rings (SSSR count). The number of aliphatic hydroxyl groups is 2. The van der Waals surface area contributed by atoms with Gasteiger partial charge in [0.15, 0.2) is 5.52 Å². The van der Waals surface area contributed by atoms with Crippen LogP contribution in [0.5, 0.6) is 0 Å². The smallest absolute Gasteiger partial charge is 0.317 e. The molecule has 0 amide bonds. The molecule has 0 aliphatic heterocycles. The van der Waals surface area contributed by atoms with Crippen LogP contribution >= 0.6 is 18.5 Å². The molecule has 6 N–H and O–H groups in total. The van der Waals surface area contributed by atoms with Crippen molar-refractivity contribution in [3.63, 3.8) is 0 Å². The van der Waals surface area contributed by atoms with Crippen molar-refractivity contribution < 1.29 is 90.3 Å². The molecule has 30 heavy (non-hydrogen) atoms. The van der Waals surface area contributed by atoms with Crippen LogP contribution in [0.2, 0.25) is 0 Å². The fourth-order valence-corrected chi connectivity index (χ4v) is 1.79. The first kappa shape index (κ1) is 30.2. The Morgan fingerprint density at radius 2 is 1.33 bits per heavy atom. The van der Waals surface area contributed by atoms with E-state index in [9.17, 15) is 4.79 Å². The molecule has 11 heteroatoms. The second-order valence-corrected chi connectivity index (χ2v) is 7.20. The van der Waals surface area contributed by atoms with E-state index >= 15 is 0 Å². The first-order valence-corrected chi connectivity index (χ1v) is 9.33. The average molecular weight is 606 g/mol. The molecule has 2 radical (unpaired) electrons. The third-order valence-electron chi connectivity index (χ3n) is 3.34. The van der Waals surface area contributed by atoms with Crippen LogP contribution in [-0.2, 0) is 83.4 Å². The first-order chi connectivity index (χ1) is 14.0. The Morgan fingerprint density at radius 3 is 1.67 bits per heavy atom. The standard InChI is InChI=1S/C11H16NO2P.C7H9NO.CH3O2P.2Y/c1-11(2,10(14)15)12-9-5-3-8(7-13)4-6-9;8-7-3-1-6(5-9)2-4-7;2-1(3)4;;/h3-6,12-13H,7,15H2,1-2H3;1-4,9H,5,8H2;4H2,(H,2,3);;/i13D;9D;;;. The van der Waals surface area contributed by atoms with Crippen molar-refractivity contribution in [3.8, 4) is 0 Å². The van der Waals surface area contributed by atoms with Gasteiger partial charge in [0.1, 0.15) is 0 Å². The number of nitrogens with two attached hydrogens (primary N) is 1. The Labute approximate surface area is 235 Å². The Hall–Kier alpha value is 0.168. The van der Waals surface area contributed by atoms with Gasteiger partial charge in [0.2, 0.25) is 2.86 Å². The molecule has 0 heterocycles. The van der Waals surface area contributed by atoms with E-state index in [2.05, 4.69) is 24.8 Å². The van der Waals surface area contributed by atoms with Crippen LogP contribution in [0.1, 0.15) is 25.0 Å². The van der Waals surface area contributed by atoms with Crippen molar-refractivity contribution in [1.29, 1.82) is 2.86 Å². The monoisotopic (exact) mass is 606 g/mol. The van der Waals surface area contributed by atoms with Gasteiger partial charge in [-0.3, -0.25) is 4.79 Å². The number of anilines is 2. The first-order valence-electron chi connectivity index (χ1n) is 8.99. The van der Waals surface area contributed by atoms with E-state index in [-0.39, 0.29) is 77.5 Å².